The average Bonchev–Trinajstić information content (AvgIpc) is 2.48. The van der Waals surface area contributed by atoms with E-state index >= 15 is 0 Å². The predicted molar refractivity (Wildman–Crippen MR) is 89.3 cm³/mol. The maximum absolute atomic E-state index is 11.6. The SMILES string of the molecule is CCN(CCC(=O)OCC(C)=O)c1ccc(N)c(NC(C)=O)c1. The summed E-state index contributed by atoms with van der Waals surface area (Å²) in [7, 11) is 0. The third-order valence-corrected chi connectivity index (χ3v) is 3.12. The van der Waals surface area contributed by atoms with Crippen LogP contribution in [0.4, 0.5) is 17.1 Å². The van der Waals surface area contributed by atoms with E-state index in [1.54, 1.807) is 12.1 Å². The van der Waals surface area contributed by atoms with Gasteiger partial charge in [-0.25, -0.2) is 0 Å². The molecule has 0 heterocycles. The van der Waals surface area contributed by atoms with E-state index in [4.69, 9.17) is 10.5 Å². The van der Waals surface area contributed by atoms with Crippen molar-refractivity contribution >= 4 is 34.7 Å². The van der Waals surface area contributed by atoms with Crippen LogP contribution >= 0.6 is 0 Å². The van der Waals surface area contributed by atoms with Crippen LogP contribution in [0.1, 0.15) is 27.2 Å². The molecule has 0 fully saturated rings. The van der Waals surface area contributed by atoms with Crippen molar-refractivity contribution in [3.63, 3.8) is 0 Å². The first-order chi connectivity index (χ1) is 10.8. The van der Waals surface area contributed by atoms with E-state index in [0.717, 1.165) is 5.69 Å². The van der Waals surface area contributed by atoms with E-state index in [2.05, 4.69) is 5.32 Å². The van der Waals surface area contributed by atoms with Gasteiger partial charge in [-0.3, -0.25) is 14.4 Å². The molecule has 0 spiro atoms. The molecular formula is C16H23N3O4. The summed E-state index contributed by atoms with van der Waals surface area (Å²) in [4.78, 5) is 35.5. The number of nitrogen functional groups attached to an aromatic ring is 1. The Labute approximate surface area is 135 Å². The molecule has 0 aliphatic heterocycles. The number of Topliss-reactive ketones (excluding diaryl/α,β-unsaturated/α-hetero) is 1. The number of hydrogen-bond acceptors (Lipinski definition) is 6. The van der Waals surface area contributed by atoms with Gasteiger partial charge in [-0.1, -0.05) is 0 Å². The molecule has 1 aromatic rings. The van der Waals surface area contributed by atoms with Crippen LogP contribution in [-0.2, 0) is 19.1 Å². The fraction of sp³-hybridized carbons (Fsp3) is 0.438. The first kappa shape index (κ1) is 18.5. The molecule has 1 amide bonds. The van der Waals surface area contributed by atoms with Gasteiger partial charge in [0, 0.05) is 25.7 Å². The normalized spacial score (nSPS) is 10.0. The first-order valence-electron chi connectivity index (χ1n) is 7.40. The Morgan fingerprint density at radius 1 is 1.26 bits per heavy atom. The minimum absolute atomic E-state index is 0.168. The van der Waals surface area contributed by atoms with Gasteiger partial charge < -0.3 is 20.7 Å². The molecule has 7 nitrogen and oxygen atoms in total. The molecule has 23 heavy (non-hydrogen) atoms. The number of nitrogens with one attached hydrogen (secondary N) is 1. The van der Waals surface area contributed by atoms with Gasteiger partial charge >= 0.3 is 5.97 Å². The van der Waals surface area contributed by atoms with Crippen molar-refractivity contribution in [2.24, 2.45) is 0 Å². The van der Waals surface area contributed by atoms with Crippen LogP contribution in [0.3, 0.4) is 0 Å². The largest absolute Gasteiger partial charge is 0.458 e. The van der Waals surface area contributed by atoms with Crippen molar-refractivity contribution < 1.29 is 19.1 Å². The number of esters is 1. The molecule has 3 N–H and O–H groups in total. The minimum atomic E-state index is -0.420. The zero-order valence-electron chi connectivity index (χ0n) is 13.7. The predicted octanol–water partition coefficient (Wildman–Crippen LogP) is 1.58. The second-order valence-electron chi connectivity index (χ2n) is 5.15. The summed E-state index contributed by atoms with van der Waals surface area (Å²) in [5.41, 5.74) is 7.68. The van der Waals surface area contributed by atoms with E-state index in [1.807, 2.05) is 17.9 Å². The third kappa shape index (κ3) is 6.37. The van der Waals surface area contributed by atoms with Gasteiger partial charge in [-0.15, -0.1) is 0 Å². The van der Waals surface area contributed by atoms with Crippen molar-refractivity contribution in [3.8, 4) is 0 Å². The monoisotopic (exact) mass is 321 g/mol. The van der Waals surface area contributed by atoms with E-state index in [0.29, 0.717) is 24.5 Å². The molecule has 0 saturated heterocycles. The van der Waals surface area contributed by atoms with Gasteiger partial charge in [-0.05, 0) is 32.0 Å². The standard InChI is InChI=1S/C16H23N3O4/c1-4-19(8-7-16(22)23-10-11(2)20)13-5-6-14(17)15(9-13)18-12(3)21/h5-6,9H,4,7-8,10,17H2,1-3H3,(H,18,21). The summed E-state index contributed by atoms with van der Waals surface area (Å²) in [6.45, 7) is 5.65. The molecule has 0 atom stereocenters. The summed E-state index contributed by atoms with van der Waals surface area (Å²) in [5, 5.41) is 2.67. The van der Waals surface area contributed by atoms with Gasteiger partial charge in [-0.2, -0.15) is 0 Å². The molecule has 0 aromatic heterocycles. The summed E-state index contributed by atoms with van der Waals surface area (Å²) in [6, 6.07) is 5.30. The number of carbonyl (C=O) groups excluding carboxylic acids is 3. The van der Waals surface area contributed by atoms with Crippen LogP contribution in [0.25, 0.3) is 0 Å². The van der Waals surface area contributed by atoms with Crippen molar-refractivity contribution in [1.29, 1.82) is 0 Å². The van der Waals surface area contributed by atoms with E-state index < -0.39 is 5.97 Å². The van der Waals surface area contributed by atoms with Crippen molar-refractivity contribution in [3.05, 3.63) is 18.2 Å². The van der Waals surface area contributed by atoms with Gasteiger partial charge in [0.25, 0.3) is 0 Å². The fourth-order valence-electron chi connectivity index (χ4n) is 1.99. The highest BCUT2D eigenvalue weighted by Crippen LogP contribution is 2.25. The molecule has 0 aliphatic rings. The van der Waals surface area contributed by atoms with Crippen LogP contribution in [0.5, 0.6) is 0 Å². The van der Waals surface area contributed by atoms with Gasteiger partial charge in [0.2, 0.25) is 5.91 Å². The Balaban J connectivity index is 2.72. The molecule has 7 heteroatoms. The molecule has 0 saturated carbocycles. The summed E-state index contributed by atoms with van der Waals surface area (Å²) in [5.74, 6) is -0.815. The lowest BCUT2D eigenvalue weighted by molar-refractivity contribution is -0.147. The number of nitrogens with zero attached hydrogens (tertiary/aromatic N) is 1. The number of nitrogens with two attached hydrogens (primary N) is 1. The van der Waals surface area contributed by atoms with Crippen LogP contribution < -0.4 is 16.0 Å². The van der Waals surface area contributed by atoms with Crippen molar-refractivity contribution in [1.82, 2.24) is 0 Å². The molecule has 0 bridgehead atoms. The Hall–Kier alpha value is -2.57. The van der Waals surface area contributed by atoms with Crippen molar-refractivity contribution in [2.45, 2.75) is 27.2 Å². The first-order valence-corrected chi connectivity index (χ1v) is 7.40. The molecule has 126 valence electrons. The number of anilines is 3. The third-order valence-electron chi connectivity index (χ3n) is 3.12. The van der Waals surface area contributed by atoms with Gasteiger partial charge in [0.1, 0.15) is 6.61 Å². The molecule has 0 aliphatic carbocycles. The van der Waals surface area contributed by atoms with E-state index in [9.17, 15) is 14.4 Å². The lowest BCUT2D eigenvalue weighted by Crippen LogP contribution is -2.27. The number of hydrogen-bond donors (Lipinski definition) is 2. The minimum Gasteiger partial charge on any atom is -0.458 e. The Kier molecular flexibility index (Phi) is 7.05. The Morgan fingerprint density at radius 3 is 2.52 bits per heavy atom. The highest BCUT2D eigenvalue weighted by Gasteiger charge is 2.11. The molecule has 0 radical (unpaired) electrons. The van der Waals surface area contributed by atoms with Gasteiger partial charge in [0.15, 0.2) is 5.78 Å². The lowest BCUT2D eigenvalue weighted by atomic mass is 10.2. The highest BCUT2D eigenvalue weighted by atomic mass is 16.5. The molecule has 0 unspecified atom stereocenters. The number of ether oxygens (including phenoxy) is 1. The molecule has 1 aromatic carbocycles. The summed E-state index contributed by atoms with van der Waals surface area (Å²) >= 11 is 0. The maximum Gasteiger partial charge on any atom is 0.308 e. The van der Waals surface area contributed by atoms with Crippen LogP contribution in [0.2, 0.25) is 0 Å². The molecule has 1 rings (SSSR count). The number of carbonyl (C=O) groups is 3. The van der Waals surface area contributed by atoms with E-state index in [1.165, 1.54) is 13.8 Å². The quantitative estimate of drug-likeness (QED) is 0.557. The topological polar surface area (TPSA) is 102 Å². The number of rotatable bonds is 8. The lowest BCUT2D eigenvalue weighted by Gasteiger charge is -2.23. The van der Waals surface area contributed by atoms with Crippen molar-refractivity contribution in [2.75, 3.05) is 35.6 Å². The number of benzene rings is 1. The second kappa shape index (κ2) is 8.77. The van der Waals surface area contributed by atoms with Crippen LogP contribution in [0, 0.1) is 0 Å². The number of amides is 1. The smallest absolute Gasteiger partial charge is 0.308 e. The summed E-state index contributed by atoms with van der Waals surface area (Å²) < 4.78 is 4.84. The second-order valence-corrected chi connectivity index (χ2v) is 5.15. The summed E-state index contributed by atoms with van der Waals surface area (Å²) in [6.07, 6.45) is 0.168. The van der Waals surface area contributed by atoms with Crippen LogP contribution in [0.15, 0.2) is 18.2 Å². The maximum atomic E-state index is 11.6. The average molecular weight is 321 g/mol. The van der Waals surface area contributed by atoms with E-state index in [-0.39, 0.29) is 24.7 Å². The fourth-order valence-corrected chi connectivity index (χ4v) is 1.99. The van der Waals surface area contributed by atoms with Crippen LogP contribution in [-0.4, -0.2) is 37.4 Å². The zero-order chi connectivity index (χ0) is 17.4. The Bertz CT molecular complexity index is 587. The highest BCUT2D eigenvalue weighted by molar-refractivity contribution is 5.93. The van der Waals surface area contributed by atoms with Gasteiger partial charge in [0.05, 0.1) is 17.8 Å². The number of ketones is 1. The molecular weight excluding hydrogens is 298 g/mol. The zero-order valence-corrected chi connectivity index (χ0v) is 13.7. The Morgan fingerprint density at radius 2 is 1.96 bits per heavy atom.